The average Bonchev–Trinajstić information content (AvgIpc) is 1.66. The smallest absolute Gasteiger partial charge is 0.00773 e. The molecule has 0 aromatic rings. The lowest BCUT2D eigenvalue weighted by atomic mass is 10.1. The van der Waals surface area contributed by atoms with Gasteiger partial charge in [0.25, 0.3) is 0 Å². The standard InChI is InChI=1S/C7H16N/c1-7(2)5-3-4-6-8/h7H,1,3-6,8H2,2H3/q-1. The molecule has 1 heteroatoms. The van der Waals surface area contributed by atoms with Gasteiger partial charge < -0.3 is 12.7 Å². The van der Waals surface area contributed by atoms with E-state index in [1.807, 2.05) is 0 Å². The molecule has 0 amide bonds. The molecule has 2 N–H and O–H groups in total. The van der Waals surface area contributed by atoms with Crippen LogP contribution in [-0.2, 0) is 0 Å². The summed E-state index contributed by atoms with van der Waals surface area (Å²) in [6.07, 6.45) is 3.61. The molecule has 0 fully saturated rings. The maximum atomic E-state index is 5.29. The molecule has 1 atom stereocenters. The maximum Gasteiger partial charge on any atom is -0.00773 e. The van der Waals surface area contributed by atoms with Gasteiger partial charge in [0.15, 0.2) is 0 Å². The summed E-state index contributed by atoms with van der Waals surface area (Å²) in [7, 11) is 0. The molecule has 0 saturated heterocycles. The van der Waals surface area contributed by atoms with Crippen LogP contribution in [0.25, 0.3) is 0 Å². The minimum absolute atomic E-state index is 0.599. The second kappa shape index (κ2) is 5.10. The number of hydrogen-bond acceptors (Lipinski definition) is 1. The molecular formula is C7H16N-. The third-order valence-electron chi connectivity index (χ3n) is 1.15. The van der Waals surface area contributed by atoms with Crippen molar-refractivity contribution in [3.63, 3.8) is 0 Å². The number of nitrogens with two attached hydrogens (primary N) is 1. The zero-order valence-corrected chi connectivity index (χ0v) is 5.69. The summed E-state index contributed by atoms with van der Waals surface area (Å²) in [5.74, 6) is 0.599. The second-order valence-electron chi connectivity index (χ2n) is 2.39. The molecule has 0 radical (unpaired) electrons. The summed E-state index contributed by atoms with van der Waals surface area (Å²) in [4.78, 5) is 0. The van der Waals surface area contributed by atoms with E-state index in [2.05, 4.69) is 13.8 Å². The second-order valence-corrected chi connectivity index (χ2v) is 2.39. The molecule has 0 aromatic heterocycles. The van der Waals surface area contributed by atoms with E-state index >= 15 is 0 Å². The third kappa shape index (κ3) is 5.96. The SMILES string of the molecule is [CH2-]C(C)CCCCN. The van der Waals surface area contributed by atoms with Crippen molar-refractivity contribution in [2.24, 2.45) is 11.7 Å². The molecule has 50 valence electrons. The van der Waals surface area contributed by atoms with E-state index in [1.54, 1.807) is 0 Å². The lowest BCUT2D eigenvalue weighted by Crippen LogP contribution is -1.98. The molecule has 1 unspecified atom stereocenters. The molecule has 0 heterocycles. The largest absolute Gasteiger partial charge is 0.341 e. The molecule has 0 aliphatic heterocycles. The van der Waals surface area contributed by atoms with Crippen molar-refractivity contribution < 1.29 is 0 Å². The van der Waals surface area contributed by atoms with Crippen LogP contribution in [0.1, 0.15) is 26.2 Å². The average molecular weight is 114 g/mol. The van der Waals surface area contributed by atoms with Crippen molar-refractivity contribution in [3.8, 4) is 0 Å². The predicted molar refractivity (Wildman–Crippen MR) is 37.4 cm³/mol. The number of unbranched alkanes of at least 4 members (excludes halogenated alkanes) is 1. The zero-order chi connectivity index (χ0) is 6.41. The molecule has 0 aliphatic carbocycles. The van der Waals surface area contributed by atoms with E-state index in [-0.39, 0.29) is 0 Å². The highest BCUT2D eigenvalue weighted by Gasteiger charge is 1.85. The lowest BCUT2D eigenvalue weighted by molar-refractivity contribution is 0.583. The molecule has 0 aromatic carbocycles. The topological polar surface area (TPSA) is 26.0 Å². The van der Waals surface area contributed by atoms with Crippen molar-refractivity contribution in [2.45, 2.75) is 26.2 Å². The molecule has 1 nitrogen and oxygen atoms in total. The maximum absolute atomic E-state index is 5.29. The van der Waals surface area contributed by atoms with Gasteiger partial charge in [-0.3, -0.25) is 0 Å². The summed E-state index contributed by atoms with van der Waals surface area (Å²) >= 11 is 0. The molecule has 0 aliphatic rings. The van der Waals surface area contributed by atoms with Gasteiger partial charge >= 0.3 is 0 Å². The molecular weight excluding hydrogens is 98.1 g/mol. The first-order valence-electron chi connectivity index (χ1n) is 3.30. The van der Waals surface area contributed by atoms with E-state index in [0.717, 1.165) is 13.0 Å². The van der Waals surface area contributed by atoms with Gasteiger partial charge in [0.2, 0.25) is 0 Å². The number of rotatable bonds is 4. The Labute approximate surface area is 52.3 Å². The highest BCUT2D eigenvalue weighted by atomic mass is 14.5. The van der Waals surface area contributed by atoms with Crippen LogP contribution in [0.3, 0.4) is 0 Å². The fourth-order valence-corrected chi connectivity index (χ4v) is 0.637. The first kappa shape index (κ1) is 7.96. The van der Waals surface area contributed by atoms with Gasteiger partial charge in [-0.25, -0.2) is 0 Å². The highest BCUT2D eigenvalue weighted by molar-refractivity contribution is 4.53. The van der Waals surface area contributed by atoms with Crippen molar-refractivity contribution >= 4 is 0 Å². The third-order valence-corrected chi connectivity index (χ3v) is 1.15. The van der Waals surface area contributed by atoms with E-state index in [0.29, 0.717) is 5.92 Å². The van der Waals surface area contributed by atoms with Crippen molar-refractivity contribution in [1.82, 2.24) is 0 Å². The summed E-state index contributed by atoms with van der Waals surface area (Å²) in [6.45, 7) is 6.83. The van der Waals surface area contributed by atoms with Crippen LogP contribution in [0.2, 0.25) is 0 Å². The van der Waals surface area contributed by atoms with Gasteiger partial charge in [-0.2, -0.15) is 5.92 Å². The molecule has 0 bridgehead atoms. The number of hydrogen-bond donors (Lipinski definition) is 1. The minimum atomic E-state index is 0.599. The van der Waals surface area contributed by atoms with E-state index < -0.39 is 0 Å². The van der Waals surface area contributed by atoms with Gasteiger partial charge in [-0.15, -0.1) is 0 Å². The summed E-state index contributed by atoms with van der Waals surface area (Å²) in [5.41, 5.74) is 5.29. The Morgan fingerprint density at radius 3 is 2.50 bits per heavy atom. The van der Waals surface area contributed by atoms with Crippen LogP contribution < -0.4 is 5.73 Å². The predicted octanol–water partition coefficient (Wildman–Crippen LogP) is 1.59. The van der Waals surface area contributed by atoms with Crippen LogP contribution in [0.4, 0.5) is 0 Å². The highest BCUT2D eigenvalue weighted by Crippen LogP contribution is 2.03. The first-order valence-corrected chi connectivity index (χ1v) is 3.30. The monoisotopic (exact) mass is 114 g/mol. The van der Waals surface area contributed by atoms with E-state index in [1.165, 1.54) is 12.8 Å². The zero-order valence-electron chi connectivity index (χ0n) is 5.69. The Morgan fingerprint density at radius 1 is 1.50 bits per heavy atom. The normalized spacial score (nSPS) is 13.9. The van der Waals surface area contributed by atoms with Crippen molar-refractivity contribution in [1.29, 1.82) is 0 Å². The van der Waals surface area contributed by atoms with Gasteiger partial charge in [0.1, 0.15) is 0 Å². The van der Waals surface area contributed by atoms with E-state index in [9.17, 15) is 0 Å². The van der Waals surface area contributed by atoms with Crippen LogP contribution in [0.15, 0.2) is 0 Å². The minimum Gasteiger partial charge on any atom is -0.341 e. The quantitative estimate of drug-likeness (QED) is 0.436. The fourth-order valence-electron chi connectivity index (χ4n) is 0.637. The molecule has 0 spiro atoms. The summed E-state index contributed by atoms with van der Waals surface area (Å²) in [6, 6.07) is 0. The van der Waals surface area contributed by atoms with Gasteiger partial charge in [0, 0.05) is 0 Å². The van der Waals surface area contributed by atoms with Gasteiger partial charge in [-0.05, 0) is 13.0 Å². The Balaban J connectivity index is 2.72. The molecule has 0 rings (SSSR count). The van der Waals surface area contributed by atoms with Gasteiger partial charge in [-0.1, -0.05) is 19.8 Å². The van der Waals surface area contributed by atoms with Crippen LogP contribution in [0.5, 0.6) is 0 Å². The Kier molecular flexibility index (Phi) is 5.08. The summed E-state index contributed by atoms with van der Waals surface area (Å²) in [5, 5.41) is 0. The van der Waals surface area contributed by atoms with Crippen molar-refractivity contribution in [2.75, 3.05) is 6.54 Å². The van der Waals surface area contributed by atoms with Crippen molar-refractivity contribution in [3.05, 3.63) is 6.92 Å². The Hall–Kier alpha value is -0.0400. The summed E-state index contributed by atoms with van der Waals surface area (Å²) < 4.78 is 0. The van der Waals surface area contributed by atoms with Crippen LogP contribution >= 0.6 is 0 Å². The lowest BCUT2D eigenvalue weighted by Gasteiger charge is -2.07. The first-order chi connectivity index (χ1) is 3.77. The van der Waals surface area contributed by atoms with E-state index in [4.69, 9.17) is 5.73 Å². The van der Waals surface area contributed by atoms with Gasteiger partial charge in [0.05, 0.1) is 0 Å². The van der Waals surface area contributed by atoms with Crippen LogP contribution in [-0.4, -0.2) is 6.54 Å². The Bertz CT molecular complexity index is 41.7. The molecule has 0 saturated carbocycles. The fraction of sp³-hybridized carbons (Fsp3) is 0.857. The Morgan fingerprint density at radius 2 is 2.12 bits per heavy atom. The van der Waals surface area contributed by atoms with Crippen LogP contribution in [0, 0.1) is 12.8 Å². The molecule has 8 heavy (non-hydrogen) atoms.